The van der Waals surface area contributed by atoms with Crippen molar-refractivity contribution < 1.29 is 17.9 Å². The van der Waals surface area contributed by atoms with Crippen LogP contribution in [0.1, 0.15) is 51.0 Å². The van der Waals surface area contributed by atoms with E-state index in [1.165, 1.54) is 36.3 Å². The van der Waals surface area contributed by atoms with Gasteiger partial charge in [-0.25, -0.2) is 4.98 Å². The van der Waals surface area contributed by atoms with Gasteiger partial charge >= 0.3 is 6.18 Å². The Morgan fingerprint density at radius 1 is 1.12 bits per heavy atom. The minimum Gasteiger partial charge on any atom is -0.493 e. The molecule has 1 aromatic heterocycles. The molecule has 0 aliphatic rings. The van der Waals surface area contributed by atoms with Crippen molar-refractivity contribution in [2.24, 2.45) is 0 Å². The second-order valence-electron chi connectivity index (χ2n) is 5.75. The van der Waals surface area contributed by atoms with Gasteiger partial charge in [0.15, 0.2) is 5.13 Å². The summed E-state index contributed by atoms with van der Waals surface area (Å²) in [5.74, 6) is -0.136. The van der Waals surface area contributed by atoms with Gasteiger partial charge in [-0.3, -0.25) is 0 Å². The van der Waals surface area contributed by atoms with Crippen LogP contribution in [-0.2, 0) is 6.18 Å². The molecule has 0 bridgehead atoms. The van der Waals surface area contributed by atoms with Crippen molar-refractivity contribution in [2.75, 3.05) is 11.9 Å². The quantitative estimate of drug-likeness (QED) is 0.474. The first-order chi connectivity index (χ1) is 12.0. The van der Waals surface area contributed by atoms with Gasteiger partial charge in [0, 0.05) is 11.6 Å². The Balaban J connectivity index is 2.02. The number of nitrogens with one attached hydrogen (secondary N) is 1. The van der Waals surface area contributed by atoms with Gasteiger partial charge in [-0.15, -0.1) is 11.3 Å². The van der Waals surface area contributed by atoms with E-state index in [0.717, 1.165) is 25.7 Å². The molecule has 0 saturated carbocycles. The zero-order valence-electron chi connectivity index (χ0n) is 14.2. The highest BCUT2D eigenvalue weighted by molar-refractivity contribution is 7.13. The summed E-state index contributed by atoms with van der Waals surface area (Å²) in [7, 11) is 0. The molecule has 7 heteroatoms. The number of hydrogen-bond donors (Lipinski definition) is 1. The number of unbranched alkanes of at least 4 members (excludes halogenated alkanes) is 5. The predicted octanol–water partition coefficient (Wildman–Crippen LogP) is 6.64. The molecule has 2 aromatic rings. The Labute approximate surface area is 150 Å². The van der Waals surface area contributed by atoms with Crippen LogP contribution in [0.3, 0.4) is 0 Å². The number of anilines is 2. The van der Waals surface area contributed by atoms with Crippen LogP contribution >= 0.6 is 11.3 Å². The topological polar surface area (TPSA) is 34.1 Å². The van der Waals surface area contributed by atoms with Crippen LogP contribution in [-0.4, -0.2) is 11.6 Å². The molecule has 0 amide bonds. The van der Waals surface area contributed by atoms with E-state index in [2.05, 4.69) is 17.2 Å². The van der Waals surface area contributed by atoms with Crippen LogP contribution in [0, 0.1) is 0 Å². The molecule has 0 aliphatic heterocycles. The highest BCUT2D eigenvalue weighted by Crippen LogP contribution is 2.42. The fourth-order valence-corrected chi connectivity index (χ4v) is 3.05. The number of ether oxygens (including phenoxy) is 1. The molecule has 1 N–H and O–H groups in total. The number of halogens is 3. The smallest absolute Gasteiger partial charge is 0.421 e. The maximum absolute atomic E-state index is 13.5. The van der Waals surface area contributed by atoms with Gasteiger partial charge in [0.25, 0.3) is 0 Å². The normalized spacial score (nSPS) is 11.5. The molecule has 0 spiro atoms. The van der Waals surface area contributed by atoms with Crippen LogP contribution in [0.25, 0.3) is 0 Å². The van der Waals surface area contributed by atoms with Crippen LogP contribution in [0.15, 0.2) is 29.8 Å². The molecule has 1 aromatic carbocycles. The number of nitrogens with zero attached hydrogens (tertiary/aromatic N) is 1. The molecule has 0 saturated heterocycles. The largest absolute Gasteiger partial charge is 0.493 e. The molecule has 3 nitrogen and oxygen atoms in total. The highest BCUT2D eigenvalue weighted by atomic mass is 32.1. The van der Waals surface area contributed by atoms with Crippen molar-refractivity contribution in [3.63, 3.8) is 0 Å². The van der Waals surface area contributed by atoms with Crippen molar-refractivity contribution in [1.29, 1.82) is 0 Å². The second-order valence-corrected chi connectivity index (χ2v) is 6.65. The molecular weight excluding hydrogens is 349 g/mol. The van der Waals surface area contributed by atoms with Gasteiger partial charge in [-0.05, 0) is 18.6 Å². The summed E-state index contributed by atoms with van der Waals surface area (Å²) in [5.41, 5.74) is -0.820. The van der Waals surface area contributed by atoms with Crippen LogP contribution in [0.4, 0.5) is 24.0 Å². The summed E-state index contributed by atoms with van der Waals surface area (Å²) in [5, 5.41) is 4.85. The molecule has 2 rings (SSSR count). The maximum atomic E-state index is 13.5. The molecule has 0 atom stereocenters. The van der Waals surface area contributed by atoms with Crippen molar-refractivity contribution in [3.8, 4) is 5.75 Å². The molecule has 1 heterocycles. The van der Waals surface area contributed by atoms with Crippen LogP contribution in [0.2, 0.25) is 0 Å². The first-order valence-corrected chi connectivity index (χ1v) is 9.40. The van der Waals surface area contributed by atoms with Gasteiger partial charge < -0.3 is 10.1 Å². The lowest BCUT2D eigenvalue weighted by Crippen LogP contribution is -2.12. The Bertz CT molecular complexity index is 630. The molecule has 0 aliphatic carbocycles. The third-order valence-electron chi connectivity index (χ3n) is 3.74. The summed E-state index contributed by atoms with van der Waals surface area (Å²) in [6.07, 6.45) is 3.39. The Morgan fingerprint density at radius 2 is 1.88 bits per heavy atom. The maximum Gasteiger partial charge on any atom is 0.421 e. The summed E-state index contributed by atoms with van der Waals surface area (Å²) < 4.78 is 46.0. The van der Waals surface area contributed by atoms with E-state index in [1.54, 1.807) is 17.6 Å². The monoisotopic (exact) mass is 372 g/mol. The number of rotatable bonds is 10. The van der Waals surface area contributed by atoms with Gasteiger partial charge in [0.2, 0.25) is 0 Å². The van der Waals surface area contributed by atoms with Gasteiger partial charge in [-0.1, -0.05) is 45.1 Å². The predicted molar refractivity (Wildman–Crippen MR) is 95.7 cm³/mol. The van der Waals surface area contributed by atoms with E-state index in [4.69, 9.17) is 4.74 Å². The van der Waals surface area contributed by atoms with E-state index < -0.39 is 11.7 Å². The fraction of sp³-hybridized carbons (Fsp3) is 0.500. The van der Waals surface area contributed by atoms with E-state index in [0.29, 0.717) is 5.13 Å². The van der Waals surface area contributed by atoms with Gasteiger partial charge in [-0.2, -0.15) is 13.2 Å². The minimum absolute atomic E-state index is 0.0390. The molecule has 0 fully saturated rings. The second kappa shape index (κ2) is 9.65. The Hall–Kier alpha value is -1.76. The third-order valence-corrected chi connectivity index (χ3v) is 4.43. The van der Waals surface area contributed by atoms with E-state index in [1.807, 2.05) is 0 Å². The number of benzene rings is 1. The first-order valence-electron chi connectivity index (χ1n) is 8.52. The molecule has 25 heavy (non-hydrogen) atoms. The van der Waals surface area contributed by atoms with Crippen molar-refractivity contribution >= 4 is 22.2 Å². The average Bonchev–Trinajstić information content (AvgIpc) is 3.06. The third kappa shape index (κ3) is 6.23. The van der Waals surface area contributed by atoms with E-state index >= 15 is 0 Å². The van der Waals surface area contributed by atoms with Crippen molar-refractivity contribution in [1.82, 2.24) is 4.98 Å². The SMILES string of the molecule is CCCCCCCCOc1cccc(Nc2nccs2)c1C(F)(F)F. The van der Waals surface area contributed by atoms with Crippen molar-refractivity contribution in [2.45, 2.75) is 51.6 Å². The van der Waals surface area contributed by atoms with E-state index in [-0.39, 0.29) is 18.0 Å². The lowest BCUT2D eigenvalue weighted by Gasteiger charge is -2.18. The first kappa shape index (κ1) is 19.6. The number of hydrogen-bond acceptors (Lipinski definition) is 4. The lowest BCUT2D eigenvalue weighted by atomic mass is 10.1. The average molecular weight is 372 g/mol. The van der Waals surface area contributed by atoms with Crippen LogP contribution < -0.4 is 10.1 Å². The summed E-state index contributed by atoms with van der Waals surface area (Å²) in [6.45, 7) is 2.43. The van der Waals surface area contributed by atoms with Crippen LogP contribution in [0.5, 0.6) is 5.75 Å². The summed E-state index contributed by atoms with van der Waals surface area (Å²) in [4.78, 5) is 3.97. The van der Waals surface area contributed by atoms with Gasteiger partial charge in [0.05, 0.1) is 12.3 Å². The minimum atomic E-state index is -4.50. The Morgan fingerprint density at radius 3 is 2.56 bits per heavy atom. The lowest BCUT2D eigenvalue weighted by molar-refractivity contribution is -0.138. The number of thiazole rings is 1. The highest BCUT2D eigenvalue weighted by Gasteiger charge is 2.37. The summed E-state index contributed by atoms with van der Waals surface area (Å²) in [6, 6.07) is 4.32. The zero-order chi connectivity index (χ0) is 18.1. The van der Waals surface area contributed by atoms with E-state index in [9.17, 15) is 13.2 Å². The Kier molecular flexibility index (Phi) is 7.55. The van der Waals surface area contributed by atoms with Gasteiger partial charge in [0.1, 0.15) is 11.3 Å². The fourth-order valence-electron chi connectivity index (χ4n) is 2.51. The number of aromatic nitrogens is 1. The number of alkyl halides is 3. The molecular formula is C18H23F3N2OS. The molecule has 138 valence electrons. The summed E-state index contributed by atoms with van der Waals surface area (Å²) >= 11 is 1.24. The molecule has 0 unspecified atom stereocenters. The molecule has 0 radical (unpaired) electrons. The standard InChI is InChI=1S/C18H23F3N2OS/c1-2-3-4-5-6-7-12-24-15-10-8-9-14(16(15)18(19,20)21)23-17-22-11-13-25-17/h8-11,13H,2-7,12H2,1H3,(H,22,23). The van der Waals surface area contributed by atoms with Crippen molar-refractivity contribution in [3.05, 3.63) is 35.3 Å². The zero-order valence-corrected chi connectivity index (χ0v) is 15.1.